The lowest BCUT2D eigenvalue weighted by atomic mass is 9.93. The second-order valence-electron chi connectivity index (χ2n) is 8.46. The number of nitrogens with zero attached hydrogens (tertiary/aromatic N) is 2. The van der Waals surface area contributed by atoms with Gasteiger partial charge < -0.3 is 34.3 Å². The van der Waals surface area contributed by atoms with Crippen molar-refractivity contribution in [3.8, 4) is 17.1 Å². The third-order valence-electron chi connectivity index (χ3n) is 6.07. The number of alkyl halides is 2. The van der Waals surface area contributed by atoms with Crippen LogP contribution in [-0.4, -0.2) is 50.8 Å². The van der Waals surface area contributed by atoms with Crippen LogP contribution in [0.3, 0.4) is 0 Å². The summed E-state index contributed by atoms with van der Waals surface area (Å²) in [6.45, 7) is -0.204. The van der Waals surface area contributed by atoms with E-state index in [1.165, 1.54) is 23.9 Å². The minimum atomic E-state index is -2.92. The lowest BCUT2D eigenvalue weighted by Gasteiger charge is -2.24. The predicted octanol–water partition coefficient (Wildman–Crippen LogP) is 4.77. The number of imidazole rings is 1. The monoisotopic (exact) mass is 541 g/mol. The van der Waals surface area contributed by atoms with Crippen molar-refractivity contribution in [3.05, 3.63) is 53.5 Å². The number of hydrogen-bond donors (Lipinski definition) is 4. The second-order valence-corrected chi connectivity index (χ2v) is 9.45. The van der Waals surface area contributed by atoms with Gasteiger partial charge >= 0.3 is 12.6 Å². The number of hydrogen-bond acceptors (Lipinski definition) is 9. The van der Waals surface area contributed by atoms with Crippen molar-refractivity contribution < 1.29 is 32.6 Å². The molecule has 10 nitrogen and oxygen atoms in total. The van der Waals surface area contributed by atoms with Crippen molar-refractivity contribution in [1.29, 1.82) is 0 Å². The fraction of sp³-hybridized carbons (Fsp3) is 0.240. The first-order valence-corrected chi connectivity index (χ1v) is 12.5. The largest absolute Gasteiger partial charge is 0.461 e. The molecule has 5 aromatic rings. The number of aliphatic hydroxyl groups excluding tert-OH is 1. The zero-order chi connectivity index (χ0) is 26.4. The molecule has 0 fully saturated rings. The quantitative estimate of drug-likeness (QED) is 0.215. The molecule has 0 amide bonds. The number of aromatic amines is 2. The molecule has 196 valence electrons. The predicted molar refractivity (Wildman–Crippen MR) is 133 cm³/mol. The van der Waals surface area contributed by atoms with Crippen molar-refractivity contribution in [1.82, 2.24) is 25.3 Å². The summed E-state index contributed by atoms with van der Waals surface area (Å²) in [6.07, 6.45) is 0.833. The van der Waals surface area contributed by atoms with Gasteiger partial charge in [0, 0.05) is 41.9 Å². The number of esters is 1. The first-order valence-electron chi connectivity index (χ1n) is 11.7. The highest BCUT2D eigenvalue weighted by molar-refractivity contribution is 7.99. The number of pyridine rings is 1. The normalized spacial score (nSPS) is 15.3. The van der Waals surface area contributed by atoms with E-state index in [4.69, 9.17) is 9.15 Å². The molecule has 1 atom stereocenters. The molecule has 1 aromatic carbocycles. The maximum absolute atomic E-state index is 12.5. The number of fused-ring (bicyclic) bond motifs is 3. The van der Waals surface area contributed by atoms with Gasteiger partial charge in [-0.3, -0.25) is 0 Å². The molecule has 0 saturated heterocycles. The van der Waals surface area contributed by atoms with E-state index in [1.807, 2.05) is 0 Å². The van der Waals surface area contributed by atoms with Crippen LogP contribution < -0.4 is 10.1 Å². The number of aromatic nitrogens is 4. The van der Waals surface area contributed by atoms with E-state index < -0.39 is 18.7 Å². The highest BCUT2D eigenvalue weighted by Gasteiger charge is 2.29. The maximum atomic E-state index is 12.5. The molecule has 0 spiro atoms. The Morgan fingerprint density at radius 1 is 1.29 bits per heavy atom. The van der Waals surface area contributed by atoms with Gasteiger partial charge in [-0.25, -0.2) is 14.8 Å². The highest BCUT2D eigenvalue weighted by Crippen LogP contribution is 2.41. The first-order chi connectivity index (χ1) is 18.4. The molecule has 38 heavy (non-hydrogen) atoms. The number of nitrogens with one attached hydrogen (secondary N) is 3. The van der Waals surface area contributed by atoms with E-state index in [2.05, 4.69) is 30.0 Å². The Labute approximate surface area is 217 Å². The third kappa shape index (κ3) is 4.38. The number of rotatable bonds is 7. The molecule has 4 aromatic heterocycles. The van der Waals surface area contributed by atoms with Gasteiger partial charge in [-0.15, -0.1) is 0 Å². The minimum absolute atomic E-state index is 0.0289. The fourth-order valence-corrected chi connectivity index (χ4v) is 5.31. The maximum Gasteiger partial charge on any atom is 0.387 e. The van der Waals surface area contributed by atoms with Gasteiger partial charge in [0.05, 0.1) is 29.4 Å². The minimum Gasteiger partial charge on any atom is -0.461 e. The van der Waals surface area contributed by atoms with E-state index in [9.17, 15) is 18.7 Å². The van der Waals surface area contributed by atoms with Crippen LogP contribution in [0.4, 0.5) is 8.78 Å². The number of carbonyl (C=O) groups excluding carboxylic acids is 1. The van der Waals surface area contributed by atoms with Gasteiger partial charge in [0.1, 0.15) is 17.0 Å². The van der Waals surface area contributed by atoms with Crippen LogP contribution in [0.25, 0.3) is 33.3 Å². The van der Waals surface area contributed by atoms with E-state index >= 15 is 0 Å². The first kappa shape index (κ1) is 24.4. The van der Waals surface area contributed by atoms with Crippen LogP contribution in [0, 0.1) is 0 Å². The Morgan fingerprint density at radius 3 is 2.97 bits per heavy atom. The summed E-state index contributed by atoms with van der Waals surface area (Å²) in [7, 11) is 0. The standard InChI is InChI=1S/C25H21F2N5O5S/c1-2-35-23(34)22-21-12(8-29-22)19(20-15(30-21)9-28-10-16(20)33)17-5-6-18(37-17)38-25-31-13-4-3-11(36-24(26)27)7-14(13)32-25/h3-8,16,24,28-29,33H,2,9-10H2,1H3,(H,31,32). The van der Waals surface area contributed by atoms with Crippen LogP contribution in [0.2, 0.25) is 0 Å². The van der Waals surface area contributed by atoms with E-state index in [0.29, 0.717) is 67.9 Å². The molecular formula is C25H21F2N5O5S. The van der Waals surface area contributed by atoms with Crippen LogP contribution in [0.5, 0.6) is 5.75 Å². The summed E-state index contributed by atoms with van der Waals surface area (Å²) in [5.74, 6) is -0.00987. The van der Waals surface area contributed by atoms with Crippen LogP contribution in [-0.2, 0) is 11.3 Å². The van der Waals surface area contributed by atoms with Crippen molar-refractivity contribution in [2.75, 3.05) is 13.2 Å². The number of furan rings is 1. The number of aliphatic hydroxyl groups is 1. The average Bonchev–Trinajstić information content (AvgIpc) is 3.61. The van der Waals surface area contributed by atoms with Gasteiger partial charge in [-0.05, 0) is 43.0 Å². The van der Waals surface area contributed by atoms with Crippen LogP contribution in [0.1, 0.15) is 34.8 Å². The van der Waals surface area contributed by atoms with Crippen LogP contribution >= 0.6 is 11.8 Å². The van der Waals surface area contributed by atoms with Gasteiger partial charge in [0.25, 0.3) is 0 Å². The average molecular weight is 542 g/mol. The topological polar surface area (TPSA) is 138 Å². The zero-order valence-electron chi connectivity index (χ0n) is 19.9. The summed E-state index contributed by atoms with van der Waals surface area (Å²) in [5.41, 5.74) is 3.66. The molecule has 5 heterocycles. The van der Waals surface area contributed by atoms with E-state index in [-0.39, 0.29) is 18.1 Å². The van der Waals surface area contributed by atoms with Crippen LogP contribution in [0.15, 0.2) is 51.2 Å². The molecule has 4 N–H and O–H groups in total. The number of ether oxygens (including phenoxy) is 2. The van der Waals surface area contributed by atoms with Crippen molar-refractivity contribution in [2.24, 2.45) is 0 Å². The van der Waals surface area contributed by atoms with Gasteiger partial charge in [-0.1, -0.05) is 0 Å². The summed E-state index contributed by atoms with van der Waals surface area (Å²) in [4.78, 5) is 27.7. The number of H-pyrrole nitrogens is 2. The molecule has 1 aliphatic rings. The molecule has 0 bridgehead atoms. The smallest absolute Gasteiger partial charge is 0.387 e. The van der Waals surface area contributed by atoms with Gasteiger partial charge in [0.15, 0.2) is 15.9 Å². The molecule has 13 heteroatoms. The lowest BCUT2D eigenvalue weighted by molar-refractivity contribution is -0.0497. The number of benzene rings is 1. The van der Waals surface area contributed by atoms with Crippen molar-refractivity contribution >= 4 is 39.7 Å². The van der Waals surface area contributed by atoms with Gasteiger partial charge in [-0.2, -0.15) is 8.78 Å². The Bertz CT molecular complexity index is 1660. The Morgan fingerprint density at radius 2 is 2.16 bits per heavy atom. The SMILES string of the molecule is CCOC(=O)c1[nH]cc2c(-c3ccc(Sc4nc5ccc(OC(F)F)cc5[nH]4)o3)c3c(nc12)CNCC3O. The molecule has 1 aliphatic heterocycles. The second kappa shape index (κ2) is 9.74. The summed E-state index contributed by atoms with van der Waals surface area (Å²) in [5, 5.41) is 15.6. The van der Waals surface area contributed by atoms with Crippen molar-refractivity contribution in [3.63, 3.8) is 0 Å². The summed E-state index contributed by atoms with van der Waals surface area (Å²) >= 11 is 1.21. The summed E-state index contributed by atoms with van der Waals surface area (Å²) < 4.78 is 40.9. The third-order valence-corrected chi connectivity index (χ3v) is 6.88. The summed E-state index contributed by atoms with van der Waals surface area (Å²) in [6, 6.07) is 8.01. The molecule has 1 unspecified atom stereocenters. The lowest BCUT2D eigenvalue weighted by Crippen LogP contribution is -2.29. The van der Waals surface area contributed by atoms with Crippen molar-refractivity contribution in [2.45, 2.75) is 36.4 Å². The number of β-amino-alcohol motifs (C(OH)–C–C–N with tert-alkyl or cyclic N) is 1. The Hall–Kier alpha value is -3.94. The van der Waals surface area contributed by atoms with E-state index in [0.717, 1.165) is 0 Å². The molecule has 6 rings (SSSR count). The molecule has 0 radical (unpaired) electrons. The highest BCUT2D eigenvalue weighted by atomic mass is 32.2. The fourth-order valence-electron chi connectivity index (χ4n) is 4.55. The Balaban J connectivity index is 1.38. The number of carbonyl (C=O) groups is 1. The zero-order valence-corrected chi connectivity index (χ0v) is 20.7. The molecule has 0 saturated carbocycles. The molecule has 0 aliphatic carbocycles. The van der Waals surface area contributed by atoms with Gasteiger partial charge in [0.2, 0.25) is 0 Å². The molecular weight excluding hydrogens is 520 g/mol. The van der Waals surface area contributed by atoms with E-state index in [1.54, 1.807) is 31.3 Å². The number of halogens is 2. The Kier molecular flexibility index (Phi) is 6.26.